The minimum atomic E-state index is -0.103. The van der Waals surface area contributed by atoms with Crippen molar-refractivity contribution in [3.05, 3.63) is 69.8 Å². The molecule has 0 saturated carbocycles. The van der Waals surface area contributed by atoms with Crippen molar-refractivity contribution in [2.24, 2.45) is 11.8 Å². The van der Waals surface area contributed by atoms with Crippen molar-refractivity contribution in [3.8, 4) is 34.5 Å². The van der Waals surface area contributed by atoms with Gasteiger partial charge in [0.05, 0.1) is 42.2 Å². The second-order valence-electron chi connectivity index (χ2n) is 16.0. The van der Waals surface area contributed by atoms with E-state index in [1.165, 1.54) is 19.3 Å². The van der Waals surface area contributed by atoms with Crippen molar-refractivity contribution in [2.45, 2.75) is 98.8 Å². The van der Waals surface area contributed by atoms with Crippen LogP contribution in [-0.2, 0) is 10.8 Å². The van der Waals surface area contributed by atoms with Crippen LogP contribution in [-0.4, -0.2) is 42.2 Å². The standard InChI is InChI=1S/C45H64O6/c1-30(2)16-15-17-31(3)22-23-51-41-25-32(18-19-33-26-42(49-13)36(44(4,5)6)28-39(33)47-11)38(46-10)24-35(41)21-20-34-27-43(50-14)37(45(7,8)9)29-40(34)48-12/h18-21,24-31H,15-17,22-23H2,1-14H3. The second kappa shape index (κ2) is 18.4. The molecule has 0 bridgehead atoms. The number of methoxy groups -OCH3 is 5. The van der Waals surface area contributed by atoms with Crippen molar-refractivity contribution in [1.82, 2.24) is 0 Å². The van der Waals surface area contributed by atoms with Gasteiger partial charge >= 0.3 is 0 Å². The minimum absolute atomic E-state index is 0.102. The van der Waals surface area contributed by atoms with Crippen LogP contribution >= 0.6 is 0 Å². The summed E-state index contributed by atoms with van der Waals surface area (Å²) in [5, 5.41) is 0. The van der Waals surface area contributed by atoms with Gasteiger partial charge in [-0.05, 0) is 65.5 Å². The van der Waals surface area contributed by atoms with Crippen LogP contribution in [0, 0.1) is 11.8 Å². The van der Waals surface area contributed by atoms with Gasteiger partial charge in [-0.1, -0.05) is 106 Å². The summed E-state index contributed by atoms with van der Waals surface area (Å²) in [7, 11) is 8.51. The lowest BCUT2D eigenvalue weighted by atomic mass is 9.85. The van der Waals surface area contributed by atoms with Gasteiger partial charge in [-0.3, -0.25) is 0 Å². The van der Waals surface area contributed by atoms with E-state index in [2.05, 4.69) is 86.6 Å². The Morgan fingerprint density at radius 1 is 0.471 bits per heavy atom. The predicted octanol–water partition coefficient (Wildman–Crippen LogP) is 11.9. The Labute approximate surface area is 309 Å². The zero-order valence-electron chi connectivity index (χ0n) is 33.9. The summed E-state index contributed by atoms with van der Waals surface area (Å²) in [5.74, 6) is 6.03. The molecule has 1 unspecified atom stereocenters. The Morgan fingerprint density at radius 3 is 1.20 bits per heavy atom. The van der Waals surface area contributed by atoms with Crippen LogP contribution < -0.4 is 28.4 Å². The van der Waals surface area contributed by atoms with E-state index in [9.17, 15) is 0 Å². The lowest BCUT2D eigenvalue weighted by Gasteiger charge is -2.23. The molecule has 6 heteroatoms. The summed E-state index contributed by atoms with van der Waals surface area (Å²) in [6.45, 7) is 20.5. The van der Waals surface area contributed by atoms with Gasteiger partial charge in [-0.2, -0.15) is 0 Å². The molecule has 3 rings (SSSR count). The maximum absolute atomic E-state index is 6.57. The lowest BCUT2D eigenvalue weighted by molar-refractivity contribution is 0.275. The van der Waals surface area contributed by atoms with E-state index in [0.29, 0.717) is 12.5 Å². The van der Waals surface area contributed by atoms with Crippen LogP contribution in [0.5, 0.6) is 34.5 Å². The first kappa shape index (κ1) is 41.4. The molecule has 280 valence electrons. The number of rotatable bonds is 17. The van der Waals surface area contributed by atoms with E-state index in [4.69, 9.17) is 28.4 Å². The average Bonchev–Trinajstić information content (AvgIpc) is 3.08. The highest BCUT2D eigenvalue weighted by atomic mass is 16.5. The van der Waals surface area contributed by atoms with Crippen molar-refractivity contribution in [1.29, 1.82) is 0 Å². The molecular weight excluding hydrogens is 636 g/mol. The number of hydrogen-bond acceptors (Lipinski definition) is 6. The molecule has 0 N–H and O–H groups in total. The van der Waals surface area contributed by atoms with Gasteiger partial charge in [0.15, 0.2) is 0 Å². The Morgan fingerprint density at radius 2 is 0.824 bits per heavy atom. The van der Waals surface area contributed by atoms with Crippen LogP contribution in [0.4, 0.5) is 0 Å². The maximum Gasteiger partial charge on any atom is 0.127 e. The van der Waals surface area contributed by atoms with Crippen molar-refractivity contribution < 1.29 is 28.4 Å². The fourth-order valence-electron chi connectivity index (χ4n) is 6.18. The third-order valence-corrected chi connectivity index (χ3v) is 9.31. The molecule has 0 aliphatic heterocycles. The molecule has 0 saturated heterocycles. The number of ether oxygens (including phenoxy) is 6. The van der Waals surface area contributed by atoms with E-state index in [1.54, 1.807) is 35.5 Å². The molecule has 0 heterocycles. The quantitative estimate of drug-likeness (QED) is 0.131. The average molecular weight is 701 g/mol. The van der Waals surface area contributed by atoms with E-state index in [-0.39, 0.29) is 10.8 Å². The largest absolute Gasteiger partial charge is 0.496 e. The topological polar surface area (TPSA) is 55.4 Å². The normalized spacial score (nSPS) is 12.8. The summed E-state index contributed by atoms with van der Waals surface area (Å²) in [5.41, 5.74) is 5.59. The monoisotopic (exact) mass is 700 g/mol. The summed E-state index contributed by atoms with van der Waals surface area (Å²) in [4.78, 5) is 0. The fraction of sp³-hybridized carbons (Fsp3) is 0.511. The molecular formula is C45H64O6. The Balaban J connectivity index is 2.08. The predicted molar refractivity (Wildman–Crippen MR) is 215 cm³/mol. The summed E-state index contributed by atoms with van der Waals surface area (Å²) < 4.78 is 35.8. The number of hydrogen-bond donors (Lipinski definition) is 0. The van der Waals surface area contributed by atoms with Crippen LogP contribution in [0.3, 0.4) is 0 Å². The zero-order chi connectivity index (χ0) is 37.9. The molecule has 0 amide bonds. The van der Waals surface area contributed by atoms with E-state index in [1.807, 2.05) is 36.4 Å². The molecule has 0 radical (unpaired) electrons. The van der Waals surface area contributed by atoms with Gasteiger partial charge < -0.3 is 28.4 Å². The highest BCUT2D eigenvalue weighted by Crippen LogP contribution is 2.40. The summed E-state index contributed by atoms with van der Waals surface area (Å²) in [6, 6.07) is 12.3. The molecule has 0 spiro atoms. The van der Waals surface area contributed by atoms with Crippen molar-refractivity contribution in [3.63, 3.8) is 0 Å². The van der Waals surface area contributed by atoms with Gasteiger partial charge in [0.2, 0.25) is 0 Å². The van der Waals surface area contributed by atoms with Crippen molar-refractivity contribution >= 4 is 24.3 Å². The van der Waals surface area contributed by atoms with Gasteiger partial charge in [-0.15, -0.1) is 0 Å². The Kier molecular flexibility index (Phi) is 15.0. The first-order chi connectivity index (χ1) is 24.1. The smallest absolute Gasteiger partial charge is 0.127 e. The van der Waals surface area contributed by atoms with Gasteiger partial charge in [0, 0.05) is 33.4 Å². The molecule has 0 fully saturated rings. The third kappa shape index (κ3) is 11.5. The van der Waals surface area contributed by atoms with E-state index < -0.39 is 0 Å². The maximum atomic E-state index is 6.57. The van der Waals surface area contributed by atoms with Crippen LogP contribution in [0.25, 0.3) is 24.3 Å². The molecule has 0 aliphatic rings. The van der Waals surface area contributed by atoms with Crippen LogP contribution in [0.2, 0.25) is 0 Å². The molecule has 1 atom stereocenters. The Bertz CT molecular complexity index is 1630. The fourth-order valence-corrected chi connectivity index (χ4v) is 6.18. The Hall–Kier alpha value is -4.06. The highest BCUT2D eigenvalue weighted by molar-refractivity contribution is 5.81. The number of benzene rings is 3. The van der Waals surface area contributed by atoms with Crippen LogP contribution in [0.15, 0.2) is 36.4 Å². The van der Waals surface area contributed by atoms with Gasteiger partial charge in [-0.25, -0.2) is 0 Å². The first-order valence-electron chi connectivity index (χ1n) is 18.3. The molecule has 6 nitrogen and oxygen atoms in total. The molecule has 3 aromatic rings. The van der Waals surface area contributed by atoms with Gasteiger partial charge in [0.25, 0.3) is 0 Å². The van der Waals surface area contributed by atoms with Gasteiger partial charge in [0.1, 0.15) is 34.5 Å². The van der Waals surface area contributed by atoms with Crippen molar-refractivity contribution in [2.75, 3.05) is 42.2 Å². The van der Waals surface area contributed by atoms with E-state index in [0.717, 1.165) is 80.2 Å². The molecule has 0 aromatic heterocycles. The first-order valence-corrected chi connectivity index (χ1v) is 18.3. The second-order valence-corrected chi connectivity index (χ2v) is 16.0. The van der Waals surface area contributed by atoms with E-state index >= 15 is 0 Å². The molecule has 0 aliphatic carbocycles. The van der Waals surface area contributed by atoms with Crippen LogP contribution in [0.1, 0.15) is 121 Å². The molecule has 3 aromatic carbocycles. The molecule has 51 heavy (non-hydrogen) atoms. The minimum Gasteiger partial charge on any atom is -0.496 e. The third-order valence-electron chi connectivity index (χ3n) is 9.31. The summed E-state index contributed by atoms with van der Waals surface area (Å²) in [6.07, 6.45) is 12.9. The lowest BCUT2D eigenvalue weighted by Crippen LogP contribution is -2.13. The SMILES string of the molecule is COc1cc(C=Cc2cc(OC)c(C(C)(C)C)cc2OC)c(OCCC(C)CCCC(C)C)cc1C=Cc1cc(OC)c(C(C)(C)C)cc1OC. The zero-order valence-corrected chi connectivity index (χ0v) is 33.9. The summed E-state index contributed by atoms with van der Waals surface area (Å²) >= 11 is 0. The highest BCUT2D eigenvalue weighted by Gasteiger charge is 2.23.